The molecule has 1 aromatic rings. The molecule has 0 aromatic heterocycles. The van der Waals surface area contributed by atoms with E-state index in [9.17, 15) is 4.79 Å². The number of hydrogen-bond donors (Lipinski definition) is 0. The molecule has 2 aliphatic rings. The number of hydrogen-bond acceptors (Lipinski definition) is 3. The van der Waals surface area contributed by atoms with Crippen LogP contribution in [0.25, 0.3) is 0 Å². The second-order valence-electron chi connectivity index (χ2n) is 5.65. The summed E-state index contributed by atoms with van der Waals surface area (Å²) in [7, 11) is 0. The molecule has 1 fully saturated rings. The Kier molecular flexibility index (Phi) is 3.57. The van der Waals surface area contributed by atoms with E-state index in [1.54, 1.807) is 0 Å². The van der Waals surface area contributed by atoms with Gasteiger partial charge >= 0.3 is 0 Å². The summed E-state index contributed by atoms with van der Waals surface area (Å²) in [5.74, 6) is 2.58. The first kappa shape index (κ1) is 13.0. The van der Waals surface area contributed by atoms with Crippen LogP contribution in [0.5, 0.6) is 5.75 Å². The standard InChI is InChI=1S/C16H20O2S/c1-16(8-2-10-19-16)15(17)6-4-12-3-5-14-13(11-12)7-9-18-14/h3,5,11H,2,4,6-10H2,1H3. The van der Waals surface area contributed by atoms with Crippen molar-refractivity contribution in [3.05, 3.63) is 29.3 Å². The highest BCUT2D eigenvalue weighted by Gasteiger charge is 2.36. The maximum Gasteiger partial charge on any atom is 0.148 e. The normalized spacial score (nSPS) is 25.1. The van der Waals surface area contributed by atoms with Gasteiger partial charge < -0.3 is 4.74 Å². The second-order valence-corrected chi connectivity index (χ2v) is 7.24. The predicted molar refractivity (Wildman–Crippen MR) is 79.1 cm³/mol. The molecule has 19 heavy (non-hydrogen) atoms. The summed E-state index contributed by atoms with van der Waals surface area (Å²) >= 11 is 1.84. The van der Waals surface area contributed by atoms with Gasteiger partial charge in [0, 0.05) is 12.8 Å². The van der Waals surface area contributed by atoms with Crippen molar-refractivity contribution in [1.82, 2.24) is 0 Å². The van der Waals surface area contributed by atoms with E-state index in [-0.39, 0.29) is 4.75 Å². The van der Waals surface area contributed by atoms with E-state index in [1.807, 2.05) is 17.8 Å². The van der Waals surface area contributed by atoms with Crippen LogP contribution in [0, 0.1) is 0 Å². The first-order valence-electron chi connectivity index (χ1n) is 7.09. The van der Waals surface area contributed by atoms with E-state index >= 15 is 0 Å². The fourth-order valence-corrected chi connectivity index (χ4v) is 4.21. The molecule has 0 N–H and O–H groups in total. The highest BCUT2D eigenvalue weighted by atomic mass is 32.2. The molecule has 2 heterocycles. The van der Waals surface area contributed by atoms with Crippen molar-refractivity contribution >= 4 is 17.5 Å². The monoisotopic (exact) mass is 276 g/mol. The van der Waals surface area contributed by atoms with Crippen LogP contribution in [-0.4, -0.2) is 22.9 Å². The van der Waals surface area contributed by atoms with Crippen LogP contribution in [0.3, 0.4) is 0 Å². The Balaban J connectivity index is 1.61. The molecule has 0 bridgehead atoms. The number of Topliss-reactive ketones (excluding diaryl/α,β-unsaturated/α-hetero) is 1. The van der Waals surface area contributed by atoms with Crippen molar-refractivity contribution in [2.24, 2.45) is 0 Å². The van der Waals surface area contributed by atoms with Gasteiger partial charge in [0.05, 0.1) is 11.4 Å². The Labute approximate surface area is 118 Å². The summed E-state index contributed by atoms with van der Waals surface area (Å²) in [4.78, 5) is 12.3. The van der Waals surface area contributed by atoms with Crippen LogP contribution in [0.1, 0.15) is 37.3 Å². The molecule has 0 amide bonds. The molecular formula is C16H20O2S. The minimum atomic E-state index is -0.111. The summed E-state index contributed by atoms with van der Waals surface area (Å²) in [5, 5.41) is 0. The van der Waals surface area contributed by atoms with Gasteiger partial charge in [-0.1, -0.05) is 12.1 Å². The fraction of sp³-hybridized carbons (Fsp3) is 0.562. The Morgan fingerprint density at radius 3 is 3.16 bits per heavy atom. The smallest absolute Gasteiger partial charge is 0.148 e. The molecule has 1 unspecified atom stereocenters. The van der Waals surface area contributed by atoms with E-state index in [2.05, 4.69) is 19.1 Å². The van der Waals surface area contributed by atoms with Gasteiger partial charge in [-0.25, -0.2) is 0 Å². The van der Waals surface area contributed by atoms with Crippen LogP contribution in [0.15, 0.2) is 18.2 Å². The van der Waals surface area contributed by atoms with Gasteiger partial charge in [0.1, 0.15) is 11.5 Å². The summed E-state index contributed by atoms with van der Waals surface area (Å²) in [6.45, 7) is 2.91. The van der Waals surface area contributed by atoms with Crippen LogP contribution in [0.2, 0.25) is 0 Å². The van der Waals surface area contributed by atoms with E-state index in [0.29, 0.717) is 12.2 Å². The van der Waals surface area contributed by atoms with Gasteiger partial charge in [0.25, 0.3) is 0 Å². The lowest BCUT2D eigenvalue weighted by molar-refractivity contribution is -0.121. The molecule has 1 aromatic carbocycles. The Bertz CT molecular complexity index is 490. The van der Waals surface area contributed by atoms with Gasteiger partial charge in [-0.3, -0.25) is 4.79 Å². The third-order valence-electron chi connectivity index (χ3n) is 4.20. The number of fused-ring (bicyclic) bond motifs is 1. The fourth-order valence-electron chi connectivity index (χ4n) is 2.92. The second kappa shape index (κ2) is 5.20. The number of benzene rings is 1. The van der Waals surface area contributed by atoms with Gasteiger partial charge in [-0.15, -0.1) is 11.8 Å². The SMILES string of the molecule is CC1(C(=O)CCc2ccc3c(c2)CCO3)CCCS1. The molecule has 1 saturated heterocycles. The average Bonchev–Trinajstić information content (AvgIpc) is 3.04. The minimum absolute atomic E-state index is 0.111. The highest BCUT2D eigenvalue weighted by Crippen LogP contribution is 2.39. The number of thioether (sulfide) groups is 1. The molecule has 0 radical (unpaired) electrons. The Morgan fingerprint density at radius 1 is 1.47 bits per heavy atom. The molecular weight excluding hydrogens is 256 g/mol. The van der Waals surface area contributed by atoms with Crippen molar-refractivity contribution in [2.45, 2.75) is 43.8 Å². The van der Waals surface area contributed by atoms with Gasteiger partial charge in [0.15, 0.2) is 0 Å². The lowest BCUT2D eigenvalue weighted by Gasteiger charge is -2.20. The zero-order chi connectivity index (χ0) is 13.3. The molecule has 0 spiro atoms. The number of rotatable bonds is 4. The number of aryl methyl sites for hydroxylation is 1. The molecule has 102 valence electrons. The van der Waals surface area contributed by atoms with E-state index in [0.717, 1.165) is 37.4 Å². The zero-order valence-corrected chi connectivity index (χ0v) is 12.2. The van der Waals surface area contributed by atoms with E-state index < -0.39 is 0 Å². The minimum Gasteiger partial charge on any atom is -0.493 e. The molecule has 0 saturated carbocycles. The number of carbonyl (C=O) groups is 1. The van der Waals surface area contributed by atoms with Crippen LogP contribution < -0.4 is 4.74 Å². The van der Waals surface area contributed by atoms with Crippen molar-refractivity contribution in [1.29, 1.82) is 0 Å². The van der Waals surface area contributed by atoms with Crippen molar-refractivity contribution in [2.75, 3.05) is 12.4 Å². The van der Waals surface area contributed by atoms with Crippen LogP contribution >= 0.6 is 11.8 Å². The topological polar surface area (TPSA) is 26.3 Å². The lowest BCUT2D eigenvalue weighted by Crippen LogP contribution is -2.28. The predicted octanol–water partition coefficient (Wildman–Crippen LogP) is 3.41. The van der Waals surface area contributed by atoms with E-state index in [1.165, 1.54) is 17.5 Å². The quantitative estimate of drug-likeness (QED) is 0.843. The largest absolute Gasteiger partial charge is 0.493 e. The van der Waals surface area contributed by atoms with Gasteiger partial charge in [-0.2, -0.15) is 0 Å². The summed E-state index contributed by atoms with van der Waals surface area (Å²) < 4.78 is 5.39. The Hall–Kier alpha value is -0.960. The molecule has 1 atom stereocenters. The maximum atomic E-state index is 12.3. The third-order valence-corrected chi connectivity index (χ3v) is 5.76. The summed E-state index contributed by atoms with van der Waals surface area (Å²) in [5.41, 5.74) is 2.57. The first-order chi connectivity index (χ1) is 9.17. The number of ketones is 1. The van der Waals surface area contributed by atoms with Crippen molar-refractivity contribution < 1.29 is 9.53 Å². The third kappa shape index (κ3) is 2.66. The van der Waals surface area contributed by atoms with Gasteiger partial charge in [-0.05, 0) is 49.1 Å². The molecule has 3 heteroatoms. The Morgan fingerprint density at radius 2 is 2.37 bits per heavy atom. The van der Waals surface area contributed by atoms with Crippen molar-refractivity contribution in [3.63, 3.8) is 0 Å². The zero-order valence-electron chi connectivity index (χ0n) is 11.4. The molecule has 2 aliphatic heterocycles. The molecule has 0 aliphatic carbocycles. The molecule has 3 rings (SSSR count). The summed E-state index contributed by atoms with van der Waals surface area (Å²) in [6, 6.07) is 6.36. The first-order valence-corrected chi connectivity index (χ1v) is 8.08. The van der Waals surface area contributed by atoms with Gasteiger partial charge in [0.2, 0.25) is 0 Å². The van der Waals surface area contributed by atoms with Crippen LogP contribution in [0.4, 0.5) is 0 Å². The van der Waals surface area contributed by atoms with E-state index in [4.69, 9.17) is 4.74 Å². The highest BCUT2D eigenvalue weighted by molar-refractivity contribution is 8.01. The average molecular weight is 276 g/mol. The van der Waals surface area contributed by atoms with Crippen LogP contribution in [-0.2, 0) is 17.6 Å². The number of carbonyl (C=O) groups excluding carboxylic acids is 1. The number of ether oxygens (including phenoxy) is 1. The summed E-state index contributed by atoms with van der Waals surface area (Å²) in [6.07, 6.45) is 4.77. The lowest BCUT2D eigenvalue weighted by atomic mass is 9.94. The molecule has 2 nitrogen and oxygen atoms in total. The maximum absolute atomic E-state index is 12.3. The van der Waals surface area contributed by atoms with Crippen molar-refractivity contribution in [3.8, 4) is 5.75 Å².